The number of carbonyl (C=O) groups excluding carboxylic acids is 2. The van der Waals surface area contributed by atoms with E-state index in [9.17, 15) is 9.59 Å². The monoisotopic (exact) mass is 350 g/mol. The number of rotatable bonds is 6. The maximum Gasteiger partial charge on any atom is 0.338 e. The number of benzene rings is 3. The van der Waals surface area contributed by atoms with Crippen LogP contribution in [0.4, 0.5) is 0 Å². The van der Waals surface area contributed by atoms with Crippen molar-refractivity contribution in [3.05, 3.63) is 71.8 Å². The number of fused-ring (bicyclic) bond motifs is 1. The van der Waals surface area contributed by atoms with E-state index in [4.69, 9.17) is 14.2 Å². The van der Waals surface area contributed by atoms with E-state index < -0.39 is 5.97 Å². The molecule has 0 heterocycles. The van der Waals surface area contributed by atoms with Crippen LogP contribution in [0.1, 0.15) is 20.7 Å². The molecule has 0 N–H and O–H groups in total. The highest BCUT2D eigenvalue weighted by molar-refractivity contribution is 6.02. The molecule has 0 saturated heterocycles. The van der Waals surface area contributed by atoms with Crippen molar-refractivity contribution in [3.8, 4) is 11.5 Å². The molecule has 0 amide bonds. The van der Waals surface area contributed by atoms with Crippen LogP contribution in [0.3, 0.4) is 0 Å². The lowest BCUT2D eigenvalue weighted by molar-refractivity contribution is 0.0474. The summed E-state index contributed by atoms with van der Waals surface area (Å²) in [6, 6.07) is 17.8. The van der Waals surface area contributed by atoms with Gasteiger partial charge in [-0.05, 0) is 35.0 Å². The zero-order chi connectivity index (χ0) is 18.5. The summed E-state index contributed by atoms with van der Waals surface area (Å²) in [5.41, 5.74) is 0.734. The molecule has 0 atom stereocenters. The van der Waals surface area contributed by atoms with Crippen LogP contribution in [0, 0.1) is 0 Å². The minimum atomic E-state index is -0.545. The zero-order valence-electron chi connectivity index (χ0n) is 14.5. The van der Waals surface area contributed by atoms with E-state index in [2.05, 4.69) is 0 Å². The summed E-state index contributed by atoms with van der Waals surface area (Å²) in [5.74, 6) is 0.0536. The Labute approximate surface area is 151 Å². The molecule has 0 unspecified atom stereocenters. The van der Waals surface area contributed by atoms with Gasteiger partial charge in [-0.2, -0.15) is 0 Å². The third-order valence-electron chi connectivity index (χ3n) is 4.03. The first-order valence-corrected chi connectivity index (χ1v) is 8.03. The highest BCUT2D eigenvalue weighted by Gasteiger charge is 2.16. The first-order valence-electron chi connectivity index (χ1n) is 8.03. The number of ketones is 1. The molecule has 3 rings (SSSR count). The lowest BCUT2D eigenvalue weighted by atomic mass is 10.1. The fraction of sp³-hybridized carbons (Fsp3) is 0.143. The van der Waals surface area contributed by atoms with Gasteiger partial charge in [-0.3, -0.25) is 4.79 Å². The van der Waals surface area contributed by atoms with Crippen LogP contribution in [0.5, 0.6) is 11.5 Å². The molecule has 3 aromatic rings. The van der Waals surface area contributed by atoms with E-state index >= 15 is 0 Å². The van der Waals surface area contributed by atoms with Crippen LogP contribution in [-0.4, -0.2) is 32.6 Å². The lowest BCUT2D eigenvalue weighted by Crippen LogP contribution is -2.15. The van der Waals surface area contributed by atoms with Crippen LogP contribution < -0.4 is 9.47 Å². The average molecular weight is 350 g/mol. The number of esters is 1. The molecule has 0 fully saturated rings. The second-order valence-corrected chi connectivity index (χ2v) is 5.63. The highest BCUT2D eigenvalue weighted by Crippen LogP contribution is 2.25. The molecule has 26 heavy (non-hydrogen) atoms. The van der Waals surface area contributed by atoms with Gasteiger partial charge in [-0.25, -0.2) is 4.79 Å². The van der Waals surface area contributed by atoms with E-state index in [1.165, 1.54) is 14.2 Å². The summed E-state index contributed by atoms with van der Waals surface area (Å²) in [5, 5.41) is 1.97. The van der Waals surface area contributed by atoms with Crippen molar-refractivity contribution < 1.29 is 23.8 Å². The number of ether oxygens (including phenoxy) is 3. The topological polar surface area (TPSA) is 61.8 Å². The third kappa shape index (κ3) is 3.67. The Balaban J connectivity index is 1.71. The van der Waals surface area contributed by atoms with Gasteiger partial charge in [0.15, 0.2) is 6.61 Å². The summed E-state index contributed by atoms with van der Waals surface area (Å²) in [6.07, 6.45) is 0. The SMILES string of the molecule is COc1ccc(C(=O)COC(=O)c2ccc3ccccc3c2)c(OC)c1. The van der Waals surface area contributed by atoms with E-state index in [0.717, 1.165) is 10.8 Å². The maximum absolute atomic E-state index is 12.4. The molecular weight excluding hydrogens is 332 g/mol. The summed E-state index contributed by atoms with van der Waals surface area (Å²) in [6.45, 7) is -0.367. The minimum Gasteiger partial charge on any atom is -0.497 e. The predicted octanol–water partition coefficient (Wildman–Crippen LogP) is 3.90. The first kappa shape index (κ1) is 17.5. The number of methoxy groups -OCH3 is 2. The van der Waals surface area contributed by atoms with Gasteiger partial charge < -0.3 is 14.2 Å². The van der Waals surface area contributed by atoms with Gasteiger partial charge in [0, 0.05) is 6.07 Å². The van der Waals surface area contributed by atoms with Crippen LogP contribution in [-0.2, 0) is 4.74 Å². The van der Waals surface area contributed by atoms with Crippen LogP contribution in [0.15, 0.2) is 60.7 Å². The molecular formula is C21H18O5. The van der Waals surface area contributed by atoms with Gasteiger partial charge >= 0.3 is 5.97 Å². The Bertz CT molecular complexity index is 962. The van der Waals surface area contributed by atoms with E-state index in [0.29, 0.717) is 22.6 Å². The molecule has 132 valence electrons. The Morgan fingerprint density at radius 1 is 0.846 bits per heavy atom. The Morgan fingerprint density at radius 2 is 1.62 bits per heavy atom. The Hall–Kier alpha value is -3.34. The van der Waals surface area contributed by atoms with E-state index in [1.807, 2.05) is 30.3 Å². The lowest BCUT2D eigenvalue weighted by Gasteiger charge is -2.10. The van der Waals surface area contributed by atoms with Gasteiger partial charge in [0.25, 0.3) is 0 Å². The minimum absolute atomic E-state index is 0.333. The normalized spacial score (nSPS) is 10.4. The molecule has 0 spiro atoms. The smallest absolute Gasteiger partial charge is 0.338 e. The van der Waals surface area contributed by atoms with Gasteiger partial charge in [-0.15, -0.1) is 0 Å². The van der Waals surface area contributed by atoms with E-state index in [-0.39, 0.29) is 12.4 Å². The average Bonchev–Trinajstić information content (AvgIpc) is 2.70. The van der Waals surface area contributed by atoms with Crippen LogP contribution in [0.2, 0.25) is 0 Å². The van der Waals surface area contributed by atoms with E-state index in [1.54, 1.807) is 30.3 Å². The first-order chi connectivity index (χ1) is 12.6. The van der Waals surface area contributed by atoms with Crippen molar-refractivity contribution in [2.45, 2.75) is 0 Å². The molecule has 3 aromatic carbocycles. The zero-order valence-corrected chi connectivity index (χ0v) is 14.5. The van der Waals surface area contributed by atoms with Crippen molar-refractivity contribution in [2.24, 2.45) is 0 Å². The molecule has 0 saturated carbocycles. The number of hydrogen-bond acceptors (Lipinski definition) is 5. The van der Waals surface area contributed by atoms with Gasteiger partial charge in [0.1, 0.15) is 11.5 Å². The number of carbonyl (C=O) groups is 2. The molecule has 0 aromatic heterocycles. The number of hydrogen-bond donors (Lipinski definition) is 0. The van der Waals surface area contributed by atoms with Crippen molar-refractivity contribution in [3.63, 3.8) is 0 Å². The fourth-order valence-electron chi connectivity index (χ4n) is 2.64. The van der Waals surface area contributed by atoms with Crippen LogP contribution in [0.25, 0.3) is 10.8 Å². The second kappa shape index (κ2) is 7.70. The third-order valence-corrected chi connectivity index (χ3v) is 4.03. The summed E-state index contributed by atoms with van der Waals surface area (Å²) >= 11 is 0. The number of Topliss-reactive ketones (excluding diaryl/α,β-unsaturated/α-hetero) is 1. The highest BCUT2D eigenvalue weighted by atomic mass is 16.5. The molecule has 0 aliphatic rings. The Morgan fingerprint density at radius 3 is 2.35 bits per heavy atom. The summed E-state index contributed by atoms with van der Waals surface area (Å²) in [7, 11) is 2.99. The van der Waals surface area contributed by atoms with Crippen molar-refractivity contribution >= 4 is 22.5 Å². The largest absolute Gasteiger partial charge is 0.497 e. The van der Waals surface area contributed by atoms with Crippen LogP contribution >= 0.6 is 0 Å². The van der Waals surface area contributed by atoms with Crippen molar-refractivity contribution in [1.29, 1.82) is 0 Å². The molecule has 0 aliphatic heterocycles. The van der Waals surface area contributed by atoms with Crippen molar-refractivity contribution in [2.75, 3.05) is 20.8 Å². The summed E-state index contributed by atoms with van der Waals surface area (Å²) < 4.78 is 15.5. The van der Waals surface area contributed by atoms with Gasteiger partial charge in [-0.1, -0.05) is 30.3 Å². The molecule has 5 nitrogen and oxygen atoms in total. The van der Waals surface area contributed by atoms with Gasteiger partial charge in [0.05, 0.1) is 25.3 Å². The van der Waals surface area contributed by atoms with Gasteiger partial charge in [0.2, 0.25) is 5.78 Å². The van der Waals surface area contributed by atoms with Crippen molar-refractivity contribution in [1.82, 2.24) is 0 Å². The molecule has 0 bridgehead atoms. The molecule has 0 radical (unpaired) electrons. The predicted molar refractivity (Wildman–Crippen MR) is 98.1 cm³/mol. The quantitative estimate of drug-likeness (QED) is 0.498. The Kier molecular flexibility index (Phi) is 5.17. The maximum atomic E-state index is 12.4. The molecule has 5 heteroatoms. The second-order valence-electron chi connectivity index (χ2n) is 5.63. The molecule has 0 aliphatic carbocycles. The summed E-state index contributed by atoms with van der Waals surface area (Å²) in [4.78, 5) is 24.6. The fourth-order valence-corrected chi connectivity index (χ4v) is 2.64. The standard InChI is InChI=1S/C21H18O5/c1-24-17-9-10-18(20(12-17)25-2)19(22)13-26-21(23)16-8-7-14-5-3-4-6-15(14)11-16/h3-12H,13H2,1-2H3.